The number of ether oxygens (including phenoxy) is 7. The normalized spacial score (nSPS) is 13.3. The van der Waals surface area contributed by atoms with Crippen LogP contribution in [0.1, 0.15) is 127 Å². The fourth-order valence-corrected chi connectivity index (χ4v) is 5.91. The van der Waals surface area contributed by atoms with Crippen molar-refractivity contribution in [1.82, 2.24) is 0 Å². The maximum atomic E-state index is 6.47. The number of rotatable bonds is 34. The smallest absolute Gasteiger partial charge is 0.180 e. The molecule has 2 unspecified atom stereocenters. The Morgan fingerprint density at radius 1 is 0.431 bits per heavy atom. The van der Waals surface area contributed by atoms with Crippen molar-refractivity contribution in [3.8, 4) is 0 Å². The Labute approximate surface area is 311 Å². The maximum Gasteiger partial charge on any atom is 0.180 e. The Morgan fingerprint density at radius 2 is 0.765 bits per heavy atom. The fraction of sp³-hybridized carbons (Fsp3) is 0.636. The first-order valence-electron chi connectivity index (χ1n) is 19.6. The second kappa shape index (κ2) is 32.3. The first-order valence-corrected chi connectivity index (χ1v) is 19.6. The molecule has 288 valence electrons. The summed E-state index contributed by atoms with van der Waals surface area (Å²) in [7, 11) is 6.83. The van der Waals surface area contributed by atoms with Gasteiger partial charge >= 0.3 is 0 Å². The lowest BCUT2D eigenvalue weighted by molar-refractivity contribution is -0.215. The molecule has 0 heterocycles. The highest BCUT2D eigenvalue weighted by atomic mass is 16.8. The average Bonchev–Trinajstić information content (AvgIpc) is 3.17. The molecule has 0 radical (unpaired) electrons. The van der Waals surface area contributed by atoms with Crippen LogP contribution in [0, 0.1) is 0 Å². The Balaban J connectivity index is 1.81. The third-order valence-electron chi connectivity index (χ3n) is 9.04. The summed E-state index contributed by atoms with van der Waals surface area (Å²) in [5, 5.41) is 0. The van der Waals surface area contributed by atoms with Crippen molar-refractivity contribution in [3.63, 3.8) is 0 Å². The lowest BCUT2D eigenvalue weighted by Crippen LogP contribution is -2.24. The SMILES string of the molecule is COC(CCCCCCCCCC=CC(OCc1ccccc1)OC(C=CCCCCCCCCCC(OC)OC)OCc1ccccc1)OC. The zero-order valence-electron chi connectivity index (χ0n) is 32.4. The Hall–Kier alpha value is -2.36. The topological polar surface area (TPSA) is 64.6 Å². The molecule has 0 spiro atoms. The molecule has 0 aliphatic rings. The van der Waals surface area contributed by atoms with Crippen LogP contribution in [0.3, 0.4) is 0 Å². The average molecular weight is 711 g/mol. The Morgan fingerprint density at radius 3 is 1.12 bits per heavy atom. The minimum Gasteiger partial charge on any atom is -0.356 e. The van der Waals surface area contributed by atoms with E-state index in [4.69, 9.17) is 33.2 Å². The lowest BCUT2D eigenvalue weighted by Gasteiger charge is -2.22. The molecule has 2 atom stereocenters. The second-order valence-electron chi connectivity index (χ2n) is 13.2. The molecule has 0 aromatic heterocycles. The lowest BCUT2D eigenvalue weighted by atomic mass is 10.1. The molecule has 7 heteroatoms. The van der Waals surface area contributed by atoms with Crippen LogP contribution in [-0.2, 0) is 46.4 Å². The second-order valence-corrected chi connectivity index (χ2v) is 13.2. The monoisotopic (exact) mass is 711 g/mol. The van der Waals surface area contributed by atoms with E-state index < -0.39 is 12.6 Å². The van der Waals surface area contributed by atoms with Gasteiger partial charge in [-0.15, -0.1) is 0 Å². The van der Waals surface area contributed by atoms with Gasteiger partial charge in [0.05, 0.1) is 13.2 Å². The molecule has 0 saturated carbocycles. The molecule has 0 amide bonds. The van der Waals surface area contributed by atoms with Gasteiger partial charge in [-0.05, 0) is 74.6 Å². The summed E-state index contributed by atoms with van der Waals surface area (Å²) in [5.41, 5.74) is 2.23. The van der Waals surface area contributed by atoms with E-state index in [0.29, 0.717) is 13.2 Å². The van der Waals surface area contributed by atoms with E-state index in [9.17, 15) is 0 Å². The Kier molecular flexibility index (Phi) is 28.4. The third-order valence-corrected chi connectivity index (χ3v) is 9.04. The van der Waals surface area contributed by atoms with E-state index in [1.165, 1.54) is 64.2 Å². The van der Waals surface area contributed by atoms with Crippen molar-refractivity contribution in [3.05, 3.63) is 96.1 Å². The van der Waals surface area contributed by atoms with E-state index >= 15 is 0 Å². The van der Waals surface area contributed by atoms with Crippen LogP contribution in [-0.4, -0.2) is 53.6 Å². The van der Waals surface area contributed by atoms with Crippen LogP contribution in [0.15, 0.2) is 85.0 Å². The highest BCUT2D eigenvalue weighted by Gasteiger charge is 2.14. The summed E-state index contributed by atoms with van der Waals surface area (Å²) in [6, 6.07) is 20.5. The first kappa shape index (κ1) is 44.8. The first-order chi connectivity index (χ1) is 25.2. The molecule has 0 N–H and O–H groups in total. The minimum absolute atomic E-state index is 0.0685. The highest BCUT2D eigenvalue weighted by molar-refractivity contribution is 5.14. The number of hydrogen-bond donors (Lipinski definition) is 0. The zero-order chi connectivity index (χ0) is 36.5. The molecule has 0 aliphatic carbocycles. The van der Waals surface area contributed by atoms with Crippen molar-refractivity contribution < 1.29 is 33.2 Å². The van der Waals surface area contributed by atoms with Crippen molar-refractivity contribution in [1.29, 1.82) is 0 Å². The van der Waals surface area contributed by atoms with Gasteiger partial charge < -0.3 is 33.2 Å². The predicted molar refractivity (Wildman–Crippen MR) is 208 cm³/mol. The van der Waals surface area contributed by atoms with Gasteiger partial charge in [-0.2, -0.15) is 0 Å². The number of unbranched alkanes of at least 4 members (excludes halogenated alkanes) is 14. The van der Waals surface area contributed by atoms with Crippen LogP contribution in [0.4, 0.5) is 0 Å². The molecular formula is C44H70O7. The predicted octanol–water partition coefficient (Wildman–Crippen LogP) is 11.5. The van der Waals surface area contributed by atoms with Crippen LogP contribution in [0.5, 0.6) is 0 Å². The Bertz CT molecular complexity index is 984. The standard InChI is InChI=1S/C44H70O7/c1-45-41(46-2)33-25-15-11-7-5-9-13-17-27-35-43(49-37-39-29-21-19-22-30-39)51-44(50-38-40-31-23-20-24-32-40)36-28-18-14-10-6-8-12-16-26-34-42(47-3)48-4/h19-24,27-32,35-36,41-44H,5-18,25-26,33-34,37-38H2,1-4H3. The summed E-state index contributed by atoms with van der Waals surface area (Å²) in [4.78, 5) is 0. The summed E-state index contributed by atoms with van der Waals surface area (Å²) in [6.45, 7) is 0.944. The van der Waals surface area contributed by atoms with Gasteiger partial charge in [0.25, 0.3) is 0 Å². The van der Waals surface area contributed by atoms with Gasteiger partial charge in [0.2, 0.25) is 0 Å². The molecule has 2 aromatic rings. The molecule has 2 rings (SSSR count). The van der Waals surface area contributed by atoms with E-state index in [0.717, 1.165) is 62.5 Å². The largest absolute Gasteiger partial charge is 0.356 e. The van der Waals surface area contributed by atoms with Crippen molar-refractivity contribution in [2.24, 2.45) is 0 Å². The highest BCUT2D eigenvalue weighted by Crippen LogP contribution is 2.16. The molecular weight excluding hydrogens is 640 g/mol. The summed E-state index contributed by atoms with van der Waals surface area (Å²) < 4.78 is 40.2. The summed E-state index contributed by atoms with van der Waals surface area (Å²) >= 11 is 0. The zero-order valence-corrected chi connectivity index (χ0v) is 32.4. The third kappa shape index (κ3) is 24.5. The quantitative estimate of drug-likeness (QED) is 0.0407. The molecule has 51 heavy (non-hydrogen) atoms. The van der Waals surface area contributed by atoms with E-state index in [1.807, 2.05) is 36.4 Å². The fourth-order valence-electron chi connectivity index (χ4n) is 5.91. The van der Waals surface area contributed by atoms with E-state index in [-0.39, 0.29) is 12.6 Å². The molecule has 7 nitrogen and oxygen atoms in total. The number of benzene rings is 2. The molecule has 0 saturated heterocycles. The number of methoxy groups -OCH3 is 4. The van der Waals surface area contributed by atoms with Crippen LogP contribution in [0.25, 0.3) is 0 Å². The van der Waals surface area contributed by atoms with Crippen molar-refractivity contribution in [2.45, 2.75) is 154 Å². The van der Waals surface area contributed by atoms with Gasteiger partial charge in [0, 0.05) is 28.4 Å². The van der Waals surface area contributed by atoms with Gasteiger partial charge in [0.1, 0.15) is 0 Å². The van der Waals surface area contributed by atoms with Crippen LogP contribution in [0.2, 0.25) is 0 Å². The summed E-state index contributed by atoms with van der Waals surface area (Å²) in [5.74, 6) is 0. The molecule has 2 aromatic carbocycles. The van der Waals surface area contributed by atoms with E-state index in [2.05, 4.69) is 48.6 Å². The van der Waals surface area contributed by atoms with Gasteiger partial charge in [-0.3, -0.25) is 0 Å². The summed E-state index contributed by atoms with van der Waals surface area (Å²) in [6.07, 6.45) is 28.5. The molecule has 0 bridgehead atoms. The van der Waals surface area contributed by atoms with Gasteiger partial charge in [0.15, 0.2) is 25.2 Å². The number of allylic oxidation sites excluding steroid dienone is 2. The molecule has 0 aliphatic heterocycles. The van der Waals surface area contributed by atoms with Gasteiger partial charge in [-0.1, -0.05) is 137 Å². The number of hydrogen-bond acceptors (Lipinski definition) is 7. The van der Waals surface area contributed by atoms with E-state index in [1.54, 1.807) is 28.4 Å². The minimum atomic E-state index is -0.512. The van der Waals surface area contributed by atoms with Crippen molar-refractivity contribution in [2.75, 3.05) is 28.4 Å². The van der Waals surface area contributed by atoms with Crippen LogP contribution < -0.4 is 0 Å². The van der Waals surface area contributed by atoms with Crippen LogP contribution >= 0.6 is 0 Å². The molecule has 0 fully saturated rings. The van der Waals surface area contributed by atoms with Gasteiger partial charge in [-0.25, -0.2) is 0 Å². The van der Waals surface area contributed by atoms with Crippen molar-refractivity contribution >= 4 is 0 Å². The maximum absolute atomic E-state index is 6.47.